The van der Waals surface area contributed by atoms with E-state index in [-0.39, 0.29) is 5.82 Å². The number of aromatic nitrogens is 1. The fraction of sp³-hybridized carbons (Fsp3) is 0.0769. The van der Waals surface area contributed by atoms with E-state index in [9.17, 15) is 4.39 Å². The minimum Gasteiger partial charge on any atom is -0.454 e. The zero-order valence-electron chi connectivity index (χ0n) is 9.14. The number of nitrogens with zero attached hydrogens (tertiary/aromatic N) is 2. The first-order valence-corrected chi connectivity index (χ1v) is 4.99. The van der Waals surface area contributed by atoms with Gasteiger partial charge in [0, 0.05) is 6.20 Å². The van der Waals surface area contributed by atoms with Crippen molar-refractivity contribution in [2.24, 2.45) is 0 Å². The zero-order chi connectivity index (χ0) is 12.3. The van der Waals surface area contributed by atoms with Crippen molar-refractivity contribution in [3.8, 4) is 17.6 Å². The molecule has 1 aromatic heterocycles. The highest BCUT2D eigenvalue weighted by Gasteiger charge is 2.06. The average molecular weight is 228 g/mol. The second-order valence-electron chi connectivity index (χ2n) is 3.50. The topological polar surface area (TPSA) is 45.9 Å². The molecule has 3 nitrogen and oxygen atoms in total. The summed E-state index contributed by atoms with van der Waals surface area (Å²) in [5.41, 5.74) is 1.06. The molecule has 84 valence electrons. The first-order valence-electron chi connectivity index (χ1n) is 4.99. The minimum absolute atomic E-state index is 0.318. The molecule has 1 aromatic carbocycles. The normalized spacial score (nSPS) is 9.71. The fourth-order valence-corrected chi connectivity index (χ4v) is 1.40. The molecular weight excluding hydrogens is 219 g/mol. The van der Waals surface area contributed by atoms with Crippen molar-refractivity contribution in [1.82, 2.24) is 4.98 Å². The van der Waals surface area contributed by atoms with E-state index >= 15 is 0 Å². The van der Waals surface area contributed by atoms with E-state index in [0.717, 1.165) is 0 Å². The highest BCUT2D eigenvalue weighted by Crippen LogP contribution is 2.27. The molecule has 0 unspecified atom stereocenters. The molecule has 17 heavy (non-hydrogen) atoms. The van der Waals surface area contributed by atoms with Gasteiger partial charge in [0.05, 0.1) is 11.8 Å². The van der Waals surface area contributed by atoms with Gasteiger partial charge in [0.1, 0.15) is 17.6 Å². The summed E-state index contributed by atoms with van der Waals surface area (Å²) in [6.45, 7) is 1.74. The van der Waals surface area contributed by atoms with Crippen molar-refractivity contribution in [2.45, 2.75) is 6.92 Å². The Bertz CT molecular complexity index is 590. The monoisotopic (exact) mass is 228 g/mol. The van der Waals surface area contributed by atoms with Gasteiger partial charge in [-0.05, 0) is 36.8 Å². The van der Waals surface area contributed by atoms with Crippen molar-refractivity contribution < 1.29 is 9.13 Å². The maximum Gasteiger partial charge on any atom is 0.163 e. The molecular formula is C13H9FN2O. The second kappa shape index (κ2) is 4.62. The van der Waals surface area contributed by atoms with Crippen molar-refractivity contribution in [3.63, 3.8) is 0 Å². The summed E-state index contributed by atoms with van der Waals surface area (Å²) in [6, 6.07) is 7.78. The lowest BCUT2D eigenvalue weighted by Crippen LogP contribution is -1.92. The molecule has 0 aliphatic heterocycles. The molecule has 0 N–H and O–H groups in total. The number of hydrogen-bond acceptors (Lipinski definition) is 3. The lowest BCUT2D eigenvalue weighted by molar-refractivity contribution is 0.472. The first-order chi connectivity index (χ1) is 8.20. The van der Waals surface area contributed by atoms with Gasteiger partial charge in [-0.25, -0.2) is 4.39 Å². The van der Waals surface area contributed by atoms with Gasteiger partial charge in [-0.3, -0.25) is 4.98 Å². The Hall–Kier alpha value is -2.41. The maximum absolute atomic E-state index is 12.9. The van der Waals surface area contributed by atoms with Gasteiger partial charge in [0.2, 0.25) is 0 Å². The Kier molecular flexibility index (Phi) is 3.01. The number of rotatable bonds is 2. The molecule has 4 heteroatoms. The van der Waals surface area contributed by atoms with Crippen LogP contribution >= 0.6 is 0 Å². The Morgan fingerprint density at radius 3 is 2.82 bits per heavy atom. The van der Waals surface area contributed by atoms with Gasteiger partial charge in [-0.15, -0.1) is 0 Å². The number of halogens is 1. The molecule has 2 aromatic rings. The van der Waals surface area contributed by atoms with Crippen LogP contribution in [-0.4, -0.2) is 4.98 Å². The van der Waals surface area contributed by atoms with Gasteiger partial charge in [-0.1, -0.05) is 0 Å². The summed E-state index contributed by atoms with van der Waals surface area (Å²) in [6.07, 6.45) is 2.98. The number of pyridine rings is 1. The number of nitriles is 1. The Morgan fingerprint density at radius 1 is 1.29 bits per heavy atom. The summed E-state index contributed by atoms with van der Waals surface area (Å²) >= 11 is 0. The highest BCUT2D eigenvalue weighted by molar-refractivity contribution is 5.44. The van der Waals surface area contributed by atoms with E-state index in [4.69, 9.17) is 10.00 Å². The van der Waals surface area contributed by atoms with E-state index in [2.05, 4.69) is 4.98 Å². The third-order valence-corrected chi connectivity index (χ3v) is 2.26. The van der Waals surface area contributed by atoms with E-state index in [1.54, 1.807) is 13.0 Å². The van der Waals surface area contributed by atoms with Crippen LogP contribution in [0.3, 0.4) is 0 Å². The van der Waals surface area contributed by atoms with Gasteiger partial charge in [-0.2, -0.15) is 5.26 Å². The maximum atomic E-state index is 12.9. The third kappa shape index (κ3) is 2.40. The molecule has 0 amide bonds. The predicted molar refractivity (Wildman–Crippen MR) is 60.2 cm³/mol. The zero-order valence-corrected chi connectivity index (χ0v) is 9.14. The van der Waals surface area contributed by atoms with E-state index < -0.39 is 0 Å². The smallest absolute Gasteiger partial charge is 0.163 e. The van der Waals surface area contributed by atoms with Crippen LogP contribution in [0, 0.1) is 24.1 Å². The molecule has 0 bridgehead atoms. The van der Waals surface area contributed by atoms with Crippen molar-refractivity contribution in [1.29, 1.82) is 5.26 Å². The van der Waals surface area contributed by atoms with Crippen LogP contribution in [-0.2, 0) is 0 Å². The van der Waals surface area contributed by atoms with Crippen molar-refractivity contribution in [2.75, 3.05) is 0 Å². The lowest BCUT2D eigenvalue weighted by atomic mass is 10.2. The summed E-state index contributed by atoms with van der Waals surface area (Å²) in [4.78, 5) is 3.89. The van der Waals surface area contributed by atoms with Crippen molar-refractivity contribution in [3.05, 3.63) is 53.6 Å². The number of hydrogen-bond donors (Lipinski definition) is 0. The molecule has 0 saturated carbocycles. The van der Waals surface area contributed by atoms with Gasteiger partial charge in [0.25, 0.3) is 0 Å². The fourth-order valence-electron chi connectivity index (χ4n) is 1.40. The Morgan fingerprint density at radius 2 is 2.12 bits per heavy atom. The van der Waals surface area contributed by atoms with E-state index in [1.807, 2.05) is 6.07 Å². The van der Waals surface area contributed by atoms with Gasteiger partial charge in [0.15, 0.2) is 5.75 Å². The molecule has 0 atom stereocenters. The molecule has 0 fully saturated rings. The third-order valence-electron chi connectivity index (χ3n) is 2.26. The van der Waals surface area contributed by atoms with Crippen LogP contribution in [0.5, 0.6) is 11.5 Å². The summed E-state index contributed by atoms with van der Waals surface area (Å²) in [5, 5.41) is 8.89. The van der Waals surface area contributed by atoms with E-state index in [1.165, 1.54) is 30.6 Å². The lowest BCUT2D eigenvalue weighted by Gasteiger charge is -2.09. The Balaban J connectivity index is 2.35. The van der Waals surface area contributed by atoms with Crippen LogP contribution in [0.1, 0.15) is 11.1 Å². The summed E-state index contributed by atoms with van der Waals surface area (Å²) < 4.78 is 18.4. The average Bonchev–Trinajstić information content (AvgIpc) is 2.33. The van der Waals surface area contributed by atoms with E-state index in [0.29, 0.717) is 22.6 Å². The largest absolute Gasteiger partial charge is 0.454 e. The predicted octanol–water partition coefficient (Wildman–Crippen LogP) is 3.19. The highest BCUT2D eigenvalue weighted by atomic mass is 19.1. The quantitative estimate of drug-likeness (QED) is 0.792. The molecule has 0 spiro atoms. The SMILES string of the molecule is Cc1cc(F)ccc1Oc1cnccc1C#N. The minimum atomic E-state index is -0.318. The number of aryl methyl sites for hydroxylation is 1. The van der Waals surface area contributed by atoms with Crippen LogP contribution < -0.4 is 4.74 Å². The van der Waals surface area contributed by atoms with Crippen LogP contribution in [0.15, 0.2) is 36.7 Å². The molecule has 0 aliphatic carbocycles. The first kappa shape index (κ1) is 11.1. The number of benzene rings is 1. The second-order valence-corrected chi connectivity index (χ2v) is 3.50. The number of ether oxygens (including phenoxy) is 1. The standard InChI is InChI=1S/C13H9FN2O/c1-9-6-11(14)2-3-12(9)17-13-8-16-5-4-10(13)7-15/h2-6,8H,1H3. The van der Waals surface area contributed by atoms with Crippen LogP contribution in [0.4, 0.5) is 4.39 Å². The van der Waals surface area contributed by atoms with Crippen LogP contribution in [0.2, 0.25) is 0 Å². The molecule has 1 heterocycles. The van der Waals surface area contributed by atoms with Crippen LogP contribution in [0.25, 0.3) is 0 Å². The van der Waals surface area contributed by atoms with Gasteiger partial charge >= 0.3 is 0 Å². The summed E-state index contributed by atoms with van der Waals surface area (Å²) in [7, 11) is 0. The molecule has 0 aliphatic rings. The molecule has 0 saturated heterocycles. The Labute approximate surface area is 98.1 Å². The molecule has 2 rings (SSSR count). The van der Waals surface area contributed by atoms with Crippen molar-refractivity contribution >= 4 is 0 Å². The molecule has 0 radical (unpaired) electrons. The summed E-state index contributed by atoms with van der Waals surface area (Å²) in [5.74, 6) is 0.558. The van der Waals surface area contributed by atoms with Gasteiger partial charge < -0.3 is 4.74 Å².